The van der Waals surface area contributed by atoms with Crippen molar-refractivity contribution in [3.05, 3.63) is 0 Å². The summed E-state index contributed by atoms with van der Waals surface area (Å²) in [5.41, 5.74) is 5.44. The molecule has 2 aliphatic carbocycles. The van der Waals surface area contributed by atoms with Gasteiger partial charge in [-0.05, 0) is 50.5 Å². The molecule has 0 aromatic rings. The summed E-state index contributed by atoms with van der Waals surface area (Å²) in [5.74, 6) is 1.20. The Morgan fingerprint density at radius 1 is 1.11 bits per heavy atom. The van der Waals surface area contributed by atoms with Crippen LogP contribution in [0.4, 0.5) is 0 Å². The third-order valence-electron chi connectivity index (χ3n) is 3.71. The summed E-state index contributed by atoms with van der Waals surface area (Å²) < 4.78 is 28.1. The molecule has 2 saturated carbocycles. The second kappa shape index (κ2) is 5.86. The van der Waals surface area contributed by atoms with E-state index in [1.54, 1.807) is 11.4 Å². The van der Waals surface area contributed by atoms with E-state index in [0.717, 1.165) is 6.42 Å². The zero-order valence-electron chi connectivity index (χ0n) is 11.2. The van der Waals surface area contributed by atoms with E-state index in [2.05, 4.69) is 0 Å². The average molecular weight is 275 g/mol. The van der Waals surface area contributed by atoms with Crippen LogP contribution < -0.4 is 5.73 Å². The summed E-state index contributed by atoms with van der Waals surface area (Å²) in [5, 5.41) is 0. The van der Waals surface area contributed by atoms with Crippen molar-refractivity contribution in [3.63, 3.8) is 0 Å². The summed E-state index contributed by atoms with van der Waals surface area (Å²) in [6, 6.07) is 0. The average Bonchev–Trinajstić information content (AvgIpc) is 3.18. The Hall–Kier alpha value is -0.170. The van der Waals surface area contributed by atoms with Gasteiger partial charge in [-0.2, -0.15) is 17.0 Å². The predicted octanol–water partition coefficient (Wildman–Crippen LogP) is 0.634. The van der Waals surface area contributed by atoms with Gasteiger partial charge in [0, 0.05) is 26.7 Å². The summed E-state index contributed by atoms with van der Waals surface area (Å²) in [6.45, 7) is 2.48. The van der Waals surface area contributed by atoms with Crippen LogP contribution in [-0.2, 0) is 10.2 Å². The summed E-state index contributed by atoms with van der Waals surface area (Å²) >= 11 is 0. The molecular weight excluding hydrogens is 250 g/mol. The fraction of sp³-hybridized carbons (Fsp3) is 1.00. The van der Waals surface area contributed by atoms with Gasteiger partial charge in [0.1, 0.15) is 0 Å². The first-order valence-electron chi connectivity index (χ1n) is 6.95. The van der Waals surface area contributed by atoms with Gasteiger partial charge in [-0.3, -0.25) is 0 Å². The Balaban J connectivity index is 1.96. The van der Waals surface area contributed by atoms with Crippen molar-refractivity contribution in [1.82, 2.24) is 8.61 Å². The lowest BCUT2D eigenvalue weighted by Crippen LogP contribution is -2.44. The van der Waals surface area contributed by atoms with Crippen LogP contribution in [0.25, 0.3) is 0 Å². The molecule has 0 spiro atoms. The molecule has 106 valence electrons. The highest BCUT2D eigenvalue weighted by Gasteiger charge is 2.36. The van der Waals surface area contributed by atoms with E-state index >= 15 is 0 Å². The standard InChI is InChI=1S/C12H25N3O2S/c1-14(8-2-7-13)18(16,17)15(9-11-3-4-11)10-12-5-6-12/h11-12H,2-10,13H2,1H3. The minimum Gasteiger partial charge on any atom is -0.330 e. The van der Waals surface area contributed by atoms with Crippen molar-refractivity contribution in [2.75, 3.05) is 33.2 Å². The van der Waals surface area contributed by atoms with Crippen LogP contribution in [0.1, 0.15) is 32.1 Å². The Bertz CT molecular complexity index is 350. The van der Waals surface area contributed by atoms with Crippen molar-refractivity contribution in [1.29, 1.82) is 0 Å². The molecule has 0 heterocycles. The van der Waals surface area contributed by atoms with Crippen LogP contribution in [0.5, 0.6) is 0 Å². The van der Waals surface area contributed by atoms with E-state index in [-0.39, 0.29) is 0 Å². The highest BCUT2D eigenvalue weighted by atomic mass is 32.2. The molecule has 0 aliphatic heterocycles. The van der Waals surface area contributed by atoms with Crippen molar-refractivity contribution in [2.24, 2.45) is 17.6 Å². The van der Waals surface area contributed by atoms with E-state index in [9.17, 15) is 8.42 Å². The van der Waals surface area contributed by atoms with Gasteiger partial charge in [-0.25, -0.2) is 0 Å². The van der Waals surface area contributed by atoms with Gasteiger partial charge in [0.25, 0.3) is 10.2 Å². The molecule has 18 heavy (non-hydrogen) atoms. The van der Waals surface area contributed by atoms with E-state index in [1.807, 2.05) is 0 Å². The second-order valence-electron chi connectivity index (χ2n) is 5.68. The third-order valence-corrected chi connectivity index (χ3v) is 5.64. The number of rotatable bonds is 9. The lowest BCUT2D eigenvalue weighted by Gasteiger charge is -2.27. The van der Waals surface area contributed by atoms with Crippen LogP contribution in [0.3, 0.4) is 0 Å². The first-order valence-corrected chi connectivity index (χ1v) is 8.35. The highest BCUT2D eigenvalue weighted by Crippen LogP contribution is 2.35. The smallest absolute Gasteiger partial charge is 0.281 e. The normalized spacial score (nSPS) is 20.9. The van der Waals surface area contributed by atoms with E-state index in [4.69, 9.17) is 5.73 Å². The van der Waals surface area contributed by atoms with E-state index in [1.165, 1.54) is 30.0 Å². The first-order chi connectivity index (χ1) is 8.54. The van der Waals surface area contributed by atoms with Gasteiger partial charge in [0.15, 0.2) is 0 Å². The van der Waals surface area contributed by atoms with Crippen LogP contribution in [0, 0.1) is 11.8 Å². The van der Waals surface area contributed by atoms with E-state index in [0.29, 0.717) is 38.0 Å². The van der Waals surface area contributed by atoms with Gasteiger partial charge in [-0.1, -0.05) is 0 Å². The van der Waals surface area contributed by atoms with Crippen molar-refractivity contribution in [3.8, 4) is 0 Å². The van der Waals surface area contributed by atoms with Crippen LogP contribution >= 0.6 is 0 Å². The molecular formula is C12H25N3O2S. The molecule has 0 unspecified atom stereocenters. The molecule has 0 saturated heterocycles. The van der Waals surface area contributed by atoms with Gasteiger partial charge >= 0.3 is 0 Å². The summed E-state index contributed by atoms with van der Waals surface area (Å²) in [4.78, 5) is 0. The van der Waals surface area contributed by atoms with Gasteiger partial charge in [0.2, 0.25) is 0 Å². The topological polar surface area (TPSA) is 66.6 Å². The molecule has 0 aromatic carbocycles. The SMILES string of the molecule is CN(CCCN)S(=O)(=O)N(CC1CC1)CC1CC1. The maximum Gasteiger partial charge on any atom is 0.281 e. The van der Waals surface area contributed by atoms with Crippen LogP contribution in [0.15, 0.2) is 0 Å². The highest BCUT2D eigenvalue weighted by molar-refractivity contribution is 7.86. The third kappa shape index (κ3) is 3.91. The van der Waals surface area contributed by atoms with Gasteiger partial charge in [0.05, 0.1) is 0 Å². The molecule has 0 bridgehead atoms. The number of hydrogen-bond donors (Lipinski definition) is 1. The molecule has 5 nitrogen and oxygen atoms in total. The Morgan fingerprint density at radius 2 is 1.61 bits per heavy atom. The molecule has 2 rings (SSSR count). The fourth-order valence-electron chi connectivity index (χ4n) is 2.07. The largest absolute Gasteiger partial charge is 0.330 e. The Morgan fingerprint density at radius 3 is 2.00 bits per heavy atom. The fourth-order valence-corrected chi connectivity index (χ4v) is 3.62. The first kappa shape index (κ1) is 14.2. The zero-order valence-corrected chi connectivity index (χ0v) is 12.0. The predicted molar refractivity (Wildman–Crippen MR) is 72.2 cm³/mol. The zero-order chi connectivity index (χ0) is 13.2. The lowest BCUT2D eigenvalue weighted by molar-refractivity contribution is 0.339. The molecule has 2 N–H and O–H groups in total. The van der Waals surface area contributed by atoms with Crippen LogP contribution in [0.2, 0.25) is 0 Å². The molecule has 0 amide bonds. The maximum atomic E-state index is 12.5. The lowest BCUT2D eigenvalue weighted by atomic mass is 10.4. The molecule has 0 aromatic heterocycles. The van der Waals surface area contributed by atoms with Gasteiger partial charge < -0.3 is 5.73 Å². The van der Waals surface area contributed by atoms with E-state index < -0.39 is 10.2 Å². The summed E-state index contributed by atoms with van der Waals surface area (Å²) in [6.07, 6.45) is 5.45. The van der Waals surface area contributed by atoms with Crippen LogP contribution in [-0.4, -0.2) is 50.3 Å². The quantitative estimate of drug-likeness (QED) is 0.671. The number of nitrogens with zero attached hydrogens (tertiary/aromatic N) is 2. The summed E-state index contributed by atoms with van der Waals surface area (Å²) in [7, 11) is -1.61. The molecule has 0 atom stereocenters. The minimum absolute atomic E-state index is 0.519. The van der Waals surface area contributed by atoms with Gasteiger partial charge in [-0.15, -0.1) is 0 Å². The monoisotopic (exact) mass is 275 g/mol. The Labute approximate surface area is 110 Å². The minimum atomic E-state index is -3.27. The maximum absolute atomic E-state index is 12.5. The number of hydrogen-bond acceptors (Lipinski definition) is 3. The van der Waals surface area contributed by atoms with Crippen molar-refractivity contribution >= 4 is 10.2 Å². The van der Waals surface area contributed by atoms with Crippen molar-refractivity contribution in [2.45, 2.75) is 32.1 Å². The Kier molecular flexibility index (Phi) is 4.64. The molecule has 2 aliphatic rings. The molecule has 6 heteroatoms. The second-order valence-corrected chi connectivity index (χ2v) is 7.71. The molecule has 2 fully saturated rings. The van der Waals surface area contributed by atoms with Crippen molar-refractivity contribution < 1.29 is 8.42 Å². The molecule has 0 radical (unpaired) electrons. The number of nitrogens with two attached hydrogens (primary N) is 1.